The summed E-state index contributed by atoms with van der Waals surface area (Å²) >= 11 is 0. The molecule has 3 aliphatic rings. The maximum atomic E-state index is 14.1. The first-order valence-corrected chi connectivity index (χ1v) is 21.4. The Kier molecular flexibility index (Phi) is 24.2. The summed E-state index contributed by atoms with van der Waals surface area (Å²) in [6.45, 7) is 15.3. The molecule has 3 aliphatic heterocycles. The van der Waals surface area contributed by atoms with E-state index in [1.807, 2.05) is 78.0 Å². The number of amides is 2. The third kappa shape index (κ3) is 13.8. The molecule has 12 atom stereocenters. The van der Waals surface area contributed by atoms with Crippen LogP contribution in [0.1, 0.15) is 131 Å². The zero-order chi connectivity index (χ0) is 44.1. The lowest BCUT2D eigenvalue weighted by Gasteiger charge is -2.46. The summed E-state index contributed by atoms with van der Waals surface area (Å²) in [5, 5.41) is 19.9. The number of nitrogens with zero attached hydrogens (tertiary/aromatic N) is 7. The maximum Gasteiger partial charge on any atom is 0.410 e. The van der Waals surface area contributed by atoms with Gasteiger partial charge in [0.2, 0.25) is 5.91 Å². The van der Waals surface area contributed by atoms with E-state index in [2.05, 4.69) is 15.3 Å². The van der Waals surface area contributed by atoms with Gasteiger partial charge in [-0.15, -0.1) is 5.10 Å². The lowest BCUT2D eigenvalue weighted by Crippen LogP contribution is -2.62. The molecule has 65 heavy (non-hydrogen) atoms. The summed E-state index contributed by atoms with van der Waals surface area (Å²) in [7, 11) is 5.30. The van der Waals surface area contributed by atoms with Gasteiger partial charge in [0.05, 0.1) is 41.8 Å². The number of unbranched alkanes of at least 4 members (excludes halogenated alkanes) is 1. The molecule has 0 spiro atoms. The van der Waals surface area contributed by atoms with Crippen LogP contribution < -0.4 is 0 Å². The van der Waals surface area contributed by atoms with Gasteiger partial charge in [-0.3, -0.25) is 28.9 Å². The molecular weight excluding hydrogens is 835 g/mol. The number of methoxy groups -OCH3 is 1. The summed E-state index contributed by atoms with van der Waals surface area (Å²) in [5.74, 6) is -2.86. The highest BCUT2D eigenvalue weighted by Gasteiger charge is 2.59. The number of carbonyl (C=O) groups excluding carboxylic acids is 4. The summed E-state index contributed by atoms with van der Waals surface area (Å²) in [4.78, 5) is 65.4. The Morgan fingerprint density at radius 2 is 1.66 bits per heavy atom. The second-order valence-corrected chi connectivity index (χ2v) is 17.6. The highest BCUT2D eigenvalue weighted by molar-refractivity contribution is 5.99. The maximum absolute atomic E-state index is 14.1. The van der Waals surface area contributed by atoms with Crippen molar-refractivity contribution in [1.29, 1.82) is 0 Å². The molecule has 0 bridgehead atoms. The number of rotatable bonds is 11. The zero-order valence-electron chi connectivity index (χ0n) is 37.3. The first kappa shape index (κ1) is 61.0. The van der Waals surface area contributed by atoms with Crippen LogP contribution in [0.15, 0.2) is 30.6 Å². The number of Topliss-reactive ketones (excluding diaryl/α,β-unsaturated/α-hetero) is 1. The van der Waals surface area contributed by atoms with Crippen LogP contribution in [-0.2, 0) is 44.6 Å². The summed E-state index contributed by atoms with van der Waals surface area (Å²) in [5.41, 5.74) is -1.14. The van der Waals surface area contributed by atoms with Gasteiger partial charge < -0.3 is 38.6 Å². The normalized spacial score (nSPS) is 32.1. The van der Waals surface area contributed by atoms with Crippen molar-refractivity contribution in [3.8, 4) is 11.4 Å². The fraction of sp³-hybridized carbons (Fsp3) is 0.771. The first-order chi connectivity index (χ1) is 28.3. The minimum Gasteiger partial charge on any atom is -0.458 e. The summed E-state index contributed by atoms with van der Waals surface area (Å²) in [6.07, 6.45) is 0.874. The second-order valence-electron chi connectivity index (χ2n) is 17.6. The van der Waals surface area contributed by atoms with Crippen molar-refractivity contribution in [3.63, 3.8) is 0 Å². The fourth-order valence-corrected chi connectivity index (χ4v) is 9.31. The first-order valence-electron chi connectivity index (χ1n) is 21.4. The van der Waals surface area contributed by atoms with Crippen LogP contribution in [0.4, 0.5) is 4.79 Å². The Labute approximate surface area is 391 Å². The number of aromatic nitrogens is 4. The highest BCUT2D eigenvalue weighted by Crippen LogP contribution is 2.41. The number of cyclic esters (lactones) is 1. The number of hydrogen-bond donors (Lipinski definition) is 1. The Morgan fingerprint density at radius 3 is 2.25 bits per heavy atom. The van der Waals surface area contributed by atoms with Gasteiger partial charge in [-0.05, 0) is 98.9 Å². The molecule has 0 saturated carbocycles. The molecule has 1 N–H and O–H groups in total. The molecule has 5 heterocycles. The number of fused-ring (bicyclic) bond motifs is 1. The standard InChI is InChI=1S/C43H67N7O10.5CH4/c1-12-35-43(8)38(49(41(55)60-43)20-16-15-19-48-25-32(45-46-48)31-17-13-14-18-44-31)29(5)50(30(6)51)24-26(2)23-42(7,56-11)36(22-34(52)28(4)39(54)58-35)59-40-37(53)33(47(9)10)21-27(3)57-40;;;;;/h13-14,17-18,25-29,33,35-38,40,53H,12,15-16,19-24H2,1-11H3;5*1H4/t26-,27?,28-,29-,33?,35-,36-,37?,38-,40+,42-,43-;;;;;/m1...../s1. The Balaban J connectivity index is 0.00000819. The van der Waals surface area contributed by atoms with Crippen molar-refractivity contribution in [2.45, 2.75) is 198 Å². The number of ether oxygens (including phenoxy) is 5. The van der Waals surface area contributed by atoms with Crippen LogP contribution in [0.2, 0.25) is 0 Å². The van der Waals surface area contributed by atoms with E-state index in [4.69, 9.17) is 23.7 Å². The van der Waals surface area contributed by atoms with Gasteiger partial charge in [-0.1, -0.05) is 62.3 Å². The summed E-state index contributed by atoms with van der Waals surface area (Å²) in [6, 6.07) is 4.02. The highest BCUT2D eigenvalue weighted by atomic mass is 16.7. The molecule has 5 rings (SSSR count). The van der Waals surface area contributed by atoms with Gasteiger partial charge in [0.25, 0.3) is 0 Å². The van der Waals surface area contributed by atoms with Crippen LogP contribution in [0.3, 0.4) is 0 Å². The smallest absolute Gasteiger partial charge is 0.410 e. The molecule has 0 radical (unpaired) electrons. The molecule has 17 heteroatoms. The molecule has 3 saturated heterocycles. The van der Waals surface area contributed by atoms with Crippen LogP contribution in [-0.4, -0.2) is 158 Å². The number of pyridine rings is 1. The number of aryl methyl sites for hydroxylation is 1. The average molecular weight is 922 g/mol. The SMILES string of the molecule is C.C.C.C.C.CC[C@H]1OC(=O)[C@H](C)C(=O)C[C@@H](O[C@@H]2OC(C)CC(N(C)C)C2O)[C@](C)(OC)C[C@@H](C)CN(C(C)=O)[C@H](C)[C@H]2N(CCCCn3cc(-c4ccccn4)nn3)C(=O)O[C@]12C. The lowest BCUT2D eigenvalue weighted by atomic mass is 9.82. The largest absolute Gasteiger partial charge is 0.458 e. The Morgan fingerprint density at radius 1 is 1.00 bits per heavy atom. The number of carbonyl (C=O) groups is 4. The zero-order valence-corrected chi connectivity index (χ0v) is 37.3. The van der Waals surface area contributed by atoms with Crippen molar-refractivity contribution in [3.05, 3.63) is 30.6 Å². The number of likely N-dealkylation sites (N-methyl/N-ethyl adjacent to an activating group) is 1. The van der Waals surface area contributed by atoms with E-state index in [9.17, 15) is 24.3 Å². The van der Waals surface area contributed by atoms with Gasteiger partial charge >= 0.3 is 12.1 Å². The Bertz CT molecular complexity index is 1780. The van der Waals surface area contributed by atoms with Gasteiger partial charge in [0, 0.05) is 52.3 Å². The van der Waals surface area contributed by atoms with Crippen molar-refractivity contribution < 1.29 is 48.0 Å². The molecule has 0 aromatic carbocycles. The predicted octanol–water partition coefficient (Wildman–Crippen LogP) is 7.29. The monoisotopic (exact) mass is 922 g/mol. The molecule has 374 valence electrons. The lowest BCUT2D eigenvalue weighted by molar-refractivity contribution is -0.289. The number of hydrogen-bond acceptors (Lipinski definition) is 14. The van der Waals surface area contributed by atoms with Gasteiger partial charge in [0.1, 0.15) is 29.6 Å². The van der Waals surface area contributed by atoms with E-state index in [1.165, 1.54) is 21.0 Å². The predicted molar refractivity (Wildman–Crippen MR) is 254 cm³/mol. The van der Waals surface area contributed by atoms with E-state index >= 15 is 0 Å². The molecular formula is C48H87N7O10. The van der Waals surface area contributed by atoms with Crippen LogP contribution in [0.5, 0.6) is 0 Å². The average Bonchev–Trinajstić information content (AvgIpc) is 3.78. The molecule has 2 aromatic heterocycles. The van der Waals surface area contributed by atoms with Gasteiger partial charge in [0.15, 0.2) is 11.9 Å². The third-order valence-corrected chi connectivity index (χ3v) is 12.8. The van der Waals surface area contributed by atoms with E-state index in [1.54, 1.807) is 27.6 Å². The van der Waals surface area contributed by atoms with E-state index in [0.717, 1.165) is 5.69 Å². The minimum absolute atomic E-state index is 0. The molecule has 2 amide bonds. The number of aliphatic hydroxyl groups is 1. The second kappa shape index (κ2) is 25.8. The molecule has 3 fully saturated rings. The van der Waals surface area contributed by atoms with Crippen LogP contribution in [0, 0.1) is 11.8 Å². The third-order valence-electron chi connectivity index (χ3n) is 12.8. The van der Waals surface area contributed by atoms with E-state index in [0.29, 0.717) is 44.5 Å². The van der Waals surface area contributed by atoms with Crippen LogP contribution >= 0.6 is 0 Å². The minimum atomic E-state index is -1.38. The van der Waals surface area contributed by atoms with Gasteiger partial charge in [-0.2, -0.15) is 0 Å². The Hall–Kier alpha value is -4.03. The van der Waals surface area contributed by atoms with Gasteiger partial charge in [-0.25, -0.2) is 4.79 Å². The van der Waals surface area contributed by atoms with Crippen molar-refractivity contribution in [2.75, 3.05) is 34.3 Å². The molecule has 17 nitrogen and oxygen atoms in total. The molecule has 0 aliphatic carbocycles. The van der Waals surface area contributed by atoms with Crippen molar-refractivity contribution in [2.24, 2.45) is 11.8 Å². The van der Waals surface area contributed by atoms with Crippen molar-refractivity contribution >= 4 is 23.8 Å². The quantitative estimate of drug-likeness (QED) is 0.134. The number of esters is 1. The topological polar surface area (TPSA) is 188 Å². The van der Waals surface area contributed by atoms with E-state index < -0.39 is 71.7 Å². The van der Waals surface area contributed by atoms with E-state index in [-0.39, 0.29) is 80.5 Å². The van der Waals surface area contributed by atoms with Crippen molar-refractivity contribution in [1.82, 2.24) is 34.7 Å². The summed E-state index contributed by atoms with van der Waals surface area (Å²) < 4.78 is 33.0. The number of aliphatic hydroxyl groups excluding tert-OH is 1. The molecule has 3 unspecified atom stereocenters. The van der Waals surface area contributed by atoms with Crippen LogP contribution in [0.25, 0.3) is 11.4 Å². The molecule has 2 aromatic rings. The number of ketones is 1. The fourth-order valence-electron chi connectivity index (χ4n) is 9.31.